The molecule has 1 heterocycles. The van der Waals surface area contributed by atoms with Crippen molar-refractivity contribution in [3.05, 3.63) is 138 Å². The molecule has 1 aliphatic heterocycles. The molecule has 1 atom stereocenters. The topological polar surface area (TPSA) is 55.9 Å². The number of alkyl halides is 3. The van der Waals surface area contributed by atoms with E-state index in [1.165, 1.54) is 34.2 Å². The lowest BCUT2D eigenvalue weighted by atomic mass is 9.96. The highest BCUT2D eigenvalue weighted by Gasteiger charge is 2.35. The van der Waals surface area contributed by atoms with Crippen LogP contribution in [0.4, 0.5) is 23.7 Å². The number of benzene rings is 4. The van der Waals surface area contributed by atoms with Crippen molar-refractivity contribution >= 4 is 17.6 Å². The van der Waals surface area contributed by atoms with Crippen LogP contribution in [0.3, 0.4) is 0 Å². The molecule has 1 unspecified atom stereocenters. The molecule has 6 nitrogen and oxygen atoms in total. The number of hydrogen-bond acceptors (Lipinski definition) is 3. The van der Waals surface area contributed by atoms with Crippen LogP contribution in [0.15, 0.2) is 115 Å². The van der Waals surface area contributed by atoms with Crippen LogP contribution >= 0.6 is 0 Å². The zero-order chi connectivity index (χ0) is 31.8. The molecule has 1 saturated heterocycles. The van der Waals surface area contributed by atoms with Gasteiger partial charge in [0.15, 0.2) is 0 Å². The van der Waals surface area contributed by atoms with Crippen molar-refractivity contribution < 1.29 is 22.8 Å². The molecule has 9 heteroatoms. The van der Waals surface area contributed by atoms with Crippen LogP contribution in [0.25, 0.3) is 0 Å². The Morgan fingerprint density at radius 2 is 1.22 bits per heavy atom. The maximum atomic E-state index is 13.6. The number of halogens is 3. The van der Waals surface area contributed by atoms with E-state index in [-0.39, 0.29) is 30.6 Å². The van der Waals surface area contributed by atoms with Gasteiger partial charge in [0.2, 0.25) is 5.91 Å². The smallest absolute Gasteiger partial charge is 0.340 e. The minimum absolute atomic E-state index is 0.0474. The second-order valence-electron chi connectivity index (χ2n) is 11.1. The molecule has 4 aromatic carbocycles. The van der Waals surface area contributed by atoms with E-state index in [9.17, 15) is 22.8 Å². The van der Waals surface area contributed by atoms with Crippen LogP contribution in [-0.4, -0.2) is 59.4 Å². The Bertz CT molecular complexity index is 1500. The zero-order valence-corrected chi connectivity index (χ0v) is 25.2. The van der Waals surface area contributed by atoms with Crippen LogP contribution in [-0.2, 0) is 11.0 Å². The number of carbonyl (C=O) groups excluding carboxylic acids is 2. The van der Waals surface area contributed by atoms with Crippen molar-refractivity contribution in [2.75, 3.05) is 38.0 Å². The molecule has 0 aromatic heterocycles. The Morgan fingerprint density at radius 3 is 1.76 bits per heavy atom. The minimum atomic E-state index is -4.63. The van der Waals surface area contributed by atoms with Crippen molar-refractivity contribution in [1.82, 2.24) is 14.7 Å². The number of para-hydroxylation sites is 1. The molecule has 45 heavy (non-hydrogen) atoms. The van der Waals surface area contributed by atoms with E-state index in [1.807, 2.05) is 71.6 Å². The summed E-state index contributed by atoms with van der Waals surface area (Å²) in [6, 6.07) is 33.6. The summed E-state index contributed by atoms with van der Waals surface area (Å²) in [5.74, 6) is -0.0978. The molecular formula is C36H37F3N4O2. The van der Waals surface area contributed by atoms with Crippen LogP contribution in [0.1, 0.15) is 47.7 Å². The summed E-state index contributed by atoms with van der Waals surface area (Å²) >= 11 is 0. The van der Waals surface area contributed by atoms with Crippen molar-refractivity contribution in [3.63, 3.8) is 0 Å². The van der Waals surface area contributed by atoms with Crippen molar-refractivity contribution in [3.8, 4) is 0 Å². The summed E-state index contributed by atoms with van der Waals surface area (Å²) in [4.78, 5) is 32.6. The maximum Gasteiger partial charge on any atom is 0.418 e. The van der Waals surface area contributed by atoms with E-state index in [4.69, 9.17) is 0 Å². The summed E-state index contributed by atoms with van der Waals surface area (Å²) in [6.45, 7) is 4.29. The first kappa shape index (κ1) is 31.8. The van der Waals surface area contributed by atoms with Gasteiger partial charge in [0, 0.05) is 39.1 Å². The van der Waals surface area contributed by atoms with Gasteiger partial charge in [-0.15, -0.1) is 0 Å². The highest BCUT2D eigenvalue weighted by molar-refractivity contribution is 5.91. The summed E-state index contributed by atoms with van der Waals surface area (Å²) < 4.78 is 40.9. The highest BCUT2D eigenvalue weighted by atomic mass is 19.4. The van der Waals surface area contributed by atoms with Gasteiger partial charge in [-0.05, 0) is 35.7 Å². The second kappa shape index (κ2) is 14.4. The third-order valence-corrected chi connectivity index (χ3v) is 8.31. The average Bonchev–Trinajstić information content (AvgIpc) is 3.06. The Balaban J connectivity index is 1.26. The predicted octanol–water partition coefficient (Wildman–Crippen LogP) is 7.62. The molecule has 0 aliphatic carbocycles. The van der Waals surface area contributed by atoms with Gasteiger partial charge in [0.25, 0.3) is 0 Å². The van der Waals surface area contributed by atoms with Crippen LogP contribution in [0, 0.1) is 0 Å². The number of rotatable bonds is 9. The summed E-state index contributed by atoms with van der Waals surface area (Å²) in [6.07, 6.45) is -4.58. The van der Waals surface area contributed by atoms with Gasteiger partial charge < -0.3 is 15.1 Å². The quantitative estimate of drug-likeness (QED) is 0.211. The number of carbonyl (C=O) groups is 2. The molecule has 0 radical (unpaired) electrons. The van der Waals surface area contributed by atoms with Gasteiger partial charge in [-0.3, -0.25) is 9.69 Å². The number of hydrogen-bond donors (Lipinski definition) is 1. The molecule has 234 valence electrons. The Kier molecular flexibility index (Phi) is 10.2. The maximum absolute atomic E-state index is 13.6. The molecule has 1 N–H and O–H groups in total. The van der Waals surface area contributed by atoms with E-state index in [2.05, 4.69) is 34.5 Å². The predicted molar refractivity (Wildman–Crippen MR) is 170 cm³/mol. The molecule has 0 spiro atoms. The lowest BCUT2D eigenvalue weighted by molar-refractivity contribution is -0.137. The van der Waals surface area contributed by atoms with Gasteiger partial charge in [-0.2, -0.15) is 13.2 Å². The van der Waals surface area contributed by atoms with Gasteiger partial charge in [-0.1, -0.05) is 103 Å². The van der Waals surface area contributed by atoms with E-state index in [0.717, 1.165) is 11.6 Å². The fourth-order valence-electron chi connectivity index (χ4n) is 5.90. The lowest BCUT2D eigenvalue weighted by Gasteiger charge is -2.40. The van der Waals surface area contributed by atoms with E-state index < -0.39 is 23.8 Å². The average molecular weight is 615 g/mol. The fourth-order valence-corrected chi connectivity index (χ4v) is 5.90. The number of piperazine rings is 1. The van der Waals surface area contributed by atoms with Crippen LogP contribution < -0.4 is 5.32 Å². The number of urea groups is 1. The summed E-state index contributed by atoms with van der Waals surface area (Å²) in [7, 11) is 0. The SMILES string of the molecule is CC(c1ccccc1)N(CCC(=O)N1CCN(C(c2ccccc2)c2ccccc2)CC1)C(=O)Nc1ccccc1C(F)(F)F. The van der Waals surface area contributed by atoms with Gasteiger partial charge in [0.1, 0.15) is 0 Å². The normalized spacial score (nSPS) is 14.6. The Labute approximate surface area is 262 Å². The Morgan fingerprint density at radius 1 is 0.733 bits per heavy atom. The first-order valence-electron chi connectivity index (χ1n) is 15.1. The highest BCUT2D eigenvalue weighted by Crippen LogP contribution is 2.35. The van der Waals surface area contributed by atoms with Gasteiger partial charge in [-0.25, -0.2) is 4.79 Å². The minimum Gasteiger partial charge on any atom is -0.340 e. The fraction of sp³-hybridized carbons (Fsp3) is 0.278. The summed E-state index contributed by atoms with van der Waals surface area (Å²) in [5, 5.41) is 2.46. The third kappa shape index (κ3) is 7.91. The number of amides is 3. The lowest BCUT2D eigenvalue weighted by Crippen LogP contribution is -2.50. The summed E-state index contributed by atoms with van der Waals surface area (Å²) in [5.41, 5.74) is 1.93. The molecule has 5 rings (SSSR count). The molecular weight excluding hydrogens is 577 g/mol. The van der Waals surface area contributed by atoms with Crippen molar-refractivity contribution in [1.29, 1.82) is 0 Å². The molecule has 1 aliphatic rings. The Hall–Kier alpha value is -4.63. The van der Waals surface area contributed by atoms with E-state index in [1.54, 1.807) is 6.92 Å². The molecule has 1 fully saturated rings. The molecule has 4 aromatic rings. The monoisotopic (exact) mass is 614 g/mol. The van der Waals surface area contributed by atoms with Gasteiger partial charge >= 0.3 is 12.2 Å². The largest absolute Gasteiger partial charge is 0.418 e. The van der Waals surface area contributed by atoms with Crippen LogP contribution in [0.5, 0.6) is 0 Å². The molecule has 0 saturated carbocycles. The number of nitrogens with zero attached hydrogens (tertiary/aromatic N) is 3. The second-order valence-corrected chi connectivity index (χ2v) is 11.1. The molecule has 3 amide bonds. The number of nitrogens with one attached hydrogen (secondary N) is 1. The van der Waals surface area contributed by atoms with Gasteiger partial charge in [0.05, 0.1) is 23.3 Å². The zero-order valence-electron chi connectivity index (χ0n) is 25.2. The third-order valence-electron chi connectivity index (χ3n) is 8.31. The van der Waals surface area contributed by atoms with E-state index in [0.29, 0.717) is 26.2 Å². The standard InChI is InChI=1S/C36H37F3N4O2/c1-27(28-13-5-2-6-14-28)43(35(45)40-32-20-12-11-19-31(32)36(37,38)39)22-21-33(44)41-23-25-42(26-24-41)34(29-15-7-3-8-16-29)30-17-9-4-10-18-30/h2-20,27,34H,21-26H2,1H3,(H,40,45). The first-order valence-corrected chi connectivity index (χ1v) is 15.1. The van der Waals surface area contributed by atoms with Crippen molar-refractivity contribution in [2.24, 2.45) is 0 Å². The first-order chi connectivity index (χ1) is 21.7. The molecule has 0 bridgehead atoms. The van der Waals surface area contributed by atoms with Crippen molar-refractivity contribution in [2.45, 2.75) is 31.6 Å². The van der Waals surface area contributed by atoms with E-state index >= 15 is 0 Å². The van der Waals surface area contributed by atoms with Crippen LogP contribution in [0.2, 0.25) is 0 Å². The number of anilines is 1.